The molecule has 0 aliphatic heterocycles. The normalized spacial score (nSPS) is 13.0. The summed E-state index contributed by atoms with van der Waals surface area (Å²) in [6.45, 7) is 0. The molecule has 0 unspecified atom stereocenters. The van der Waals surface area contributed by atoms with Gasteiger partial charge in [0.05, 0.1) is 28.2 Å². The summed E-state index contributed by atoms with van der Waals surface area (Å²) in [4.78, 5) is 40.8. The van der Waals surface area contributed by atoms with Crippen molar-refractivity contribution in [3.8, 4) is 33.9 Å². The zero-order valence-electron chi connectivity index (χ0n) is 40.8. The van der Waals surface area contributed by atoms with Crippen LogP contribution in [0.4, 0.5) is 0 Å². The monoisotopic (exact) mass is 986 g/mol. The number of benzene rings is 4. The first-order valence-electron chi connectivity index (χ1n) is 25.5. The smallest absolute Gasteiger partial charge is 0.146 e. The fourth-order valence-corrected chi connectivity index (χ4v) is 12.8. The maximum Gasteiger partial charge on any atom is 0.146 e. The van der Waals surface area contributed by atoms with Crippen LogP contribution in [0.2, 0.25) is 0 Å². The molecule has 16 aromatic rings. The molecule has 0 fully saturated rings. The summed E-state index contributed by atoms with van der Waals surface area (Å²) < 4.78 is 8.83. The summed E-state index contributed by atoms with van der Waals surface area (Å²) in [5.41, 5.74) is 15.4. The van der Waals surface area contributed by atoms with Gasteiger partial charge >= 0.3 is 0 Å². The number of aromatic nitrogens is 12. The van der Waals surface area contributed by atoms with Gasteiger partial charge in [-0.3, -0.25) is 18.3 Å². The average molecular weight is 987 g/mol. The molecule has 358 valence electrons. The number of nitrogens with zero attached hydrogens (tertiary/aromatic N) is 12. The van der Waals surface area contributed by atoms with E-state index in [1.165, 1.54) is 0 Å². The van der Waals surface area contributed by atoms with Gasteiger partial charge in [0.15, 0.2) is 0 Å². The number of hydrogen-bond donors (Lipinski definition) is 0. The molecule has 4 aromatic carbocycles. The van der Waals surface area contributed by atoms with Crippen molar-refractivity contribution in [1.82, 2.24) is 58.1 Å². The molecule has 0 amide bonds. The fraction of sp³-hybridized carbons (Fsp3) is 0.0154. The van der Waals surface area contributed by atoms with Crippen molar-refractivity contribution in [3.05, 3.63) is 254 Å². The first-order chi connectivity index (χ1) is 38.2. The van der Waals surface area contributed by atoms with Crippen LogP contribution in [0.15, 0.2) is 232 Å². The summed E-state index contributed by atoms with van der Waals surface area (Å²) in [6, 6.07) is 64.6. The lowest BCUT2D eigenvalue weighted by Gasteiger charge is -2.35. The van der Waals surface area contributed by atoms with Crippen LogP contribution < -0.4 is 0 Å². The predicted octanol–water partition coefficient (Wildman–Crippen LogP) is 13.6. The second-order valence-corrected chi connectivity index (χ2v) is 19.7. The van der Waals surface area contributed by atoms with E-state index in [1.54, 1.807) is 0 Å². The Morgan fingerprint density at radius 2 is 0.455 bits per heavy atom. The molecule has 12 heteroatoms. The molecule has 12 nitrogen and oxygen atoms in total. The van der Waals surface area contributed by atoms with Crippen LogP contribution in [-0.4, -0.2) is 58.1 Å². The molecule has 77 heavy (non-hydrogen) atoms. The molecular weight excluding hydrogens is 949 g/mol. The topological polar surface area (TPSA) is 123 Å². The Morgan fingerprint density at radius 1 is 0.234 bits per heavy atom. The van der Waals surface area contributed by atoms with Crippen molar-refractivity contribution in [2.24, 2.45) is 0 Å². The van der Waals surface area contributed by atoms with Gasteiger partial charge in [0, 0.05) is 92.7 Å². The van der Waals surface area contributed by atoms with E-state index in [0.29, 0.717) is 0 Å². The van der Waals surface area contributed by atoms with Crippen molar-refractivity contribution in [2.45, 2.75) is 5.41 Å². The minimum Gasteiger partial charge on any atom is -0.278 e. The van der Waals surface area contributed by atoms with Gasteiger partial charge in [-0.15, -0.1) is 0 Å². The Bertz CT molecular complexity index is 4360. The molecule has 12 aromatic heterocycles. The standard InChI is InChI=1S/C65H38N12/c1-3-23-55-45(13-1)46-14-2-4-24-56(46)65(55,39-33-41(74-57-47(15-5-25-66-57)48-16-6-26-67-58(48)74)37-42(34-39)75-59-49(17-7-27-68-59)50-18-8-28-69-60(50)75)40-35-43(76-61-51(19-9-29-70-61)52-20-10-30-71-62(52)76)38-44(36-40)77-63-53(21-11-31-72-63)54-22-12-32-73-64(54)77/h1-38H. The first-order valence-corrected chi connectivity index (χ1v) is 25.5. The van der Waals surface area contributed by atoms with Gasteiger partial charge < -0.3 is 0 Å². The zero-order valence-corrected chi connectivity index (χ0v) is 40.8. The van der Waals surface area contributed by atoms with E-state index in [9.17, 15) is 0 Å². The first kappa shape index (κ1) is 41.7. The van der Waals surface area contributed by atoms with Crippen LogP contribution in [0.3, 0.4) is 0 Å². The number of pyridine rings is 8. The molecule has 1 aliphatic rings. The summed E-state index contributed by atoms with van der Waals surface area (Å²) in [7, 11) is 0. The largest absolute Gasteiger partial charge is 0.278 e. The maximum atomic E-state index is 5.10. The van der Waals surface area contributed by atoms with E-state index in [1.807, 2.05) is 98.1 Å². The van der Waals surface area contributed by atoms with E-state index in [2.05, 4.69) is 152 Å². The van der Waals surface area contributed by atoms with Gasteiger partial charge in [-0.2, -0.15) is 0 Å². The highest BCUT2D eigenvalue weighted by Gasteiger charge is 2.47. The summed E-state index contributed by atoms with van der Waals surface area (Å²) in [5, 5.41) is 8.06. The maximum absolute atomic E-state index is 5.10. The SMILES string of the molecule is c1ccc2c(c1)-c1ccccc1C2(c1cc(-n2c3ncccc3c3cccnc32)cc(-n2c3ncccc3c3cccnc32)c1)c1cc(-n2c3ncccc3c3cccnc32)cc(-n2c3ncccc3c3cccnc32)c1. The van der Waals surface area contributed by atoms with Crippen molar-refractivity contribution in [1.29, 1.82) is 0 Å². The van der Waals surface area contributed by atoms with Gasteiger partial charge in [0.1, 0.15) is 45.2 Å². The Labute approximate surface area is 437 Å². The Morgan fingerprint density at radius 3 is 0.688 bits per heavy atom. The molecule has 0 radical (unpaired) electrons. The lowest BCUT2D eigenvalue weighted by Crippen LogP contribution is -2.29. The molecule has 1 aliphatic carbocycles. The fourth-order valence-electron chi connectivity index (χ4n) is 12.8. The van der Waals surface area contributed by atoms with Crippen molar-refractivity contribution < 1.29 is 0 Å². The van der Waals surface area contributed by atoms with Crippen molar-refractivity contribution in [2.75, 3.05) is 0 Å². The number of rotatable bonds is 6. The van der Waals surface area contributed by atoms with Crippen LogP contribution >= 0.6 is 0 Å². The van der Waals surface area contributed by atoms with E-state index in [-0.39, 0.29) is 0 Å². The predicted molar refractivity (Wildman–Crippen MR) is 303 cm³/mol. The molecule has 0 N–H and O–H groups in total. The summed E-state index contributed by atoms with van der Waals surface area (Å²) >= 11 is 0. The minimum absolute atomic E-state index is 0.797. The second-order valence-electron chi connectivity index (χ2n) is 19.7. The lowest BCUT2D eigenvalue weighted by atomic mass is 9.67. The molecule has 0 saturated heterocycles. The van der Waals surface area contributed by atoms with Crippen LogP contribution in [0, 0.1) is 0 Å². The van der Waals surface area contributed by atoms with Gasteiger partial charge in [-0.25, -0.2) is 39.9 Å². The van der Waals surface area contributed by atoms with Gasteiger partial charge in [0.2, 0.25) is 0 Å². The van der Waals surface area contributed by atoms with Gasteiger partial charge in [-0.05, 0) is 167 Å². The second kappa shape index (κ2) is 15.7. The van der Waals surface area contributed by atoms with E-state index in [4.69, 9.17) is 39.9 Å². The van der Waals surface area contributed by atoms with Crippen LogP contribution in [-0.2, 0) is 5.41 Å². The van der Waals surface area contributed by atoms with Gasteiger partial charge in [0.25, 0.3) is 0 Å². The minimum atomic E-state index is -0.999. The highest BCUT2D eigenvalue weighted by atomic mass is 15.1. The third-order valence-electron chi connectivity index (χ3n) is 15.8. The molecule has 12 heterocycles. The molecule has 0 spiro atoms. The number of fused-ring (bicyclic) bond motifs is 15. The third-order valence-corrected chi connectivity index (χ3v) is 15.8. The van der Waals surface area contributed by atoms with Gasteiger partial charge in [-0.1, -0.05) is 48.5 Å². The van der Waals surface area contributed by atoms with Crippen molar-refractivity contribution >= 4 is 88.3 Å². The van der Waals surface area contributed by atoms with Crippen LogP contribution in [0.1, 0.15) is 22.3 Å². The molecular formula is C65H38N12. The van der Waals surface area contributed by atoms with E-state index >= 15 is 0 Å². The Hall–Kier alpha value is -10.7. The highest BCUT2D eigenvalue weighted by Crippen LogP contribution is 2.57. The highest BCUT2D eigenvalue weighted by molar-refractivity contribution is 6.10. The summed E-state index contributed by atoms with van der Waals surface area (Å²) in [5.74, 6) is 0. The molecule has 17 rings (SSSR count). The van der Waals surface area contributed by atoms with Crippen LogP contribution in [0.5, 0.6) is 0 Å². The van der Waals surface area contributed by atoms with E-state index < -0.39 is 5.41 Å². The Kier molecular flexibility index (Phi) is 8.48. The summed E-state index contributed by atoms with van der Waals surface area (Å²) in [6.07, 6.45) is 14.9. The third kappa shape index (κ3) is 5.64. The lowest BCUT2D eigenvalue weighted by molar-refractivity contribution is 0.763. The molecule has 0 atom stereocenters. The zero-order chi connectivity index (χ0) is 50.3. The number of hydrogen-bond acceptors (Lipinski definition) is 8. The van der Waals surface area contributed by atoms with Crippen molar-refractivity contribution in [3.63, 3.8) is 0 Å². The average Bonchev–Trinajstić information content (AvgIpc) is 4.47. The molecule has 0 saturated carbocycles. The quantitative estimate of drug-likeness (QED) is 0.161. The van der Waals surface area contributed by atoms with Crippen LogP contribution in [0.25, 0.3) is 122 Å². The molecule has 0 bridgehead atoms. The Balaban J connectivity index is 1.08. The van der Waals surface area contributed by atoms with E-state index in [0.717, 1.165) is 144 Å².